The van der Waals surface area contributed by atoms with E-state index in [2.05, 4.69) is 5.32 Å². The largest absolute Gasteiger partial charge is 0.497 e. The Morgan fingerprint density at radius 3 is 2.48 bits per heavy atom. The number of piperazine rings is 1. The molecule has 9 nitrogen and oxygen atoms in total. The van der Waals surface area contributed by atoms with Gasteiger partial charge in [0.05, 0.1) is 25.8 Å². The van der Waals surface area contributed by atoms with Crippen molar-refractivity contribution in [1.29, 1.82) is 0 Å². The van der Waals surface area contributed by atoms with Gasteiger partial charge in [0, 0.05) is 20.1 Å². The minimum Gasteiger partial charge on any atom is -0.497 e. The molecular formula is C28H34F3N5O4. The van der Waals surface area contributed by atoms with Gasteiger partial charge in [0.1, 0.15) is 18.0 Å². The van der Waals surface area contributed by atoms with E-state index in [1.165, 1.54) is 32.0 Å². The predicted molar refractivity (Wildman–Crippen MR) is 141 cm³/mol. The smallest absolute Gasteiger partial charge is 0.416 e. The fourth-order valence-electron chi connectivity index (χ4n) is 5.19. The first-order valence-corrected chi connectivity index (χ1v) is 13.2. The molecule has 0 bridgehead atoms. The first-order valence-electron chi connectivity index (χ1n) is 13.2. The molecule has 0 radical (unpaired) electrons. The Labute approximate surface area is 231 Å². The van der Waals surface area contributed by atoms with E-state index >= 15 is 0 Å². The Kier molecular flexibility index (Phi) is 8.87. The molecule has 40 heavy (non-hydrogen) atoms. The number of urea groups is 1. The van der Waals surface area contributed by atoms with Gasteiger partial charge in [-0.1, -0.05) is 44.0 Å². The SMILES string of the molecule is CCCC[C@H]1C(=O)N(Cc2cccc(C(F)(F)F)c2)CC2N1C(=O)CN(C)N2C(=O)NCc1ccc(OC)cc1. The van der Waals surface area contributed by atoms with Gasteiger partial charge in [-0.25, -0.2) is 14.8 Å². The fraction of sp³-hybridized carbons (Fsp3) is 0.464. The highest BCUT2D eigenvalue weighted by Crippen LogP contribution is 2.32. The Bertz CT molecular complexity index is 1220. The zero-order chi connectivity index (χ0) is 29.0. The van der Waals surface area contributed by atoms with Crippen LogP contribution in [-0.4, -0.2) is 77.1 Å². The molecule has 0 aliphatic carbocycles. The molecule has 4 amide bonds. The molecule has 0 spiro atoms. The highest BCUT2D eigenvalue weighted by Gasteiger charge is 2.50. The summed E-state index contributed by atoms with van der Waals surface area (Å²) in [7, 11) is 3.19. The van der Waals surface area contributed by atoms with Crippen molar-refractivity contribution in [3.05, 3.63) is 65.2 Å². The van der Waals surface area contributed by atoms with E-state index in [0.717, 1.165) is 24.1 Å². The van der Waals surface area contributed by atoms with Crippen molar-refractivity contribution < 1.29 is 32.3 Å². The maximum Gasteiger partial charge on any atom is 0.416 e. The van der Waals surface area contributed by atoms with Gasteiger partial charge in [0.2, 0.25) is 11.8 Å². The molecule has 2 atom stereocenters. The molecule has 2 saturated heterocycles. The molecule has 4 rings (SSSR count). The lowest BCUT2D eigenvalue weighted by Crippen LogP contribution is -2.75. The van der Waals surface area contributed by atoms with Gasteiger partial charge in [0.15, 0.2) is 0 Å². The van der Waals surface area contributed by atoms with Gasteiger partial charge >= 0.3 is 12.2 Å². The monoisotopic (exact) mass is 561 g/mol. The summed E-state index contributed by atoms with van der Waals surface area (Å²) in [4.78, 5) is 43.2. The number of carbonyl (C=O) groups excluding carboxylic acids is 3. The lowest BCUT2D eigenvalue weighted by Gasteiger charge is -2.54. The number of hydrazine groups is 1. The second kappa shape index (κ2) is 12.2. The molecule has 2 aliphatic rings. The van der Waals surface area contributed by atoms with Crippen LogP contribution in [0.4, 0.5) is 18.0 Å². The zero-order valence-corrected chi connectivity index (χ0v) is 22.8. The molecule has 1 N–H and O–H groups in total. The molecular weight excluding hydrogens is 527 g/mol. The quantitative estimate of drug-likeness (QED) is 0.530. The standard InChI is InChI=1S/C28H34F3N5O4/c1-4-5-9-23-26(38)34(16-20-7-6-8-21(14-20)28(29,30)31)17-24-35(23)25(37)18-33(2)36(24)27(39)32-15-19-10-12-22(40-3)13-11-19/h6-8,10-14,23-24H,4-5,9,15-18H2,1-3H3,(H,32,39)/t23-,24?/m0/s1. The number of methoxy groups -OCH3 is 1. The van der Waals surface area contributed by atoms with Crippen LogP contribution in [0.3, 0.4) is 0 Å². The van der Waals surface area contributed by atoms with Crippen molar-refractivity contribution in [3.63, 3.8) is 0 Å². The Morgan fingerprint density at radius 2 is 1.82 bits per heavy atom. The first-order chi connectivity index (χ1) is 19.0. The highest BCUT2D eigenvalue weighted by atomic mass is 19.4. The van der Waals surface area contributed by atoms with Crippen LogP contribution < -0.4 is 10.1 Å². The average Bonchev–Trinajstić information content (AvgIpc) is 2.92. The topological polar surface area (TPSA) is 85.4 Å². The normalized spacial score (nSPS) is 20.0. The Morgan fingerprint density at radius 1 is 1.10 bits per heavy atom. The number of fused-ring (bicyclic) bond motifs is 1. The van der Waals surface area contributed by atoms with E-state index < -0.39 is 30.0 Å². The number of benzene rings is 2. The molecule has 0 saturated carbocycles. The van der Waals surface area contributed by atoms with Crippen molar-refractivity contribution in [3.8, 4) is 5.75 Å². The van der Waals surface area contributed by atoms with Gasteiger partial charge in [-0.3, -0.25) is 9.59 Å². The van der Waals surface area contributed by atoms with Crippen LogP contribution in [-0.2, 0) is 28.9 Å². The highest BCUT2D eigenvalue weighted by molar-refractivity contribution is 5.91. The van der Waals surface area contributed by atoms with Crippen LogP contribution in [0, 0.1) is 0 Å². The third-order valence-corrected chi connectivity index (χ3v) is 7.21. The van der Waals surface area contributed by atoms with E-state index in [1.54, 1.807) is 26.3 Å². The summed E-state index contributed by atoms with van der Waals surface area (Å²) in [5.41, 5.74) is 0.357. The van der Waals surface area contributed by atoms with E-state index in [1.807, 2.05) is 19.1 Å². The van der Waals surface area contributed by atoms with Gasteiger partial charge in [-0.2, -0.15) is 13.2 Å². The van der Waals surface area contributed by atoms with Crippen LogP contribution in [0.2, 0.25) is 0 Å². The van der Waals surface area contributed by atoms with Crippen LogP contribution in [0.1, 0.15) is 42.9 Å². The van der Waals surface area contributed by atoms with E-state index in [-0.39, 0.29) is 38.0 Å². The van der Waals surface area contributed by atoms with Crippen molar-refractivity contribution >= 4 is 17.8 Å². The van der Waals surface area contributed by atoms with Gasteiger partial charge in [-0.05, 0) is 41.8 Å². The number of carbonyl (C=O) groups is 3. The van der Waals surface area contributed by atoms with Crippen LogP contribution >= 0.6 is 0 Å². The number of ether oxygens (including phenoxy) is 1. The number of alkyl halides is 3. The molecule has 2 heterocycles. The van der Waals surface area contributed by atoms with E-state index in [4.69, 9.17) is 4.74 Å². The second-order valence-electron chi connectivity index (χ2n) is 10.0. The molecule has 2 aromatic rings. The number of nitrogens with one attached hydrogen (secondary N) is 1. The van der Waals surface area contributed by atoms with Crippen molar-refractivity contribution in [2.24, 2.45) is 0 Å². The Hall–Kier alpha value is -3.80. The van der Waals surface area contributed by atoms with E-state index in [0.29, 0.717) is 24.2 Å². The third-order valence-electron chi connectivity index (χ3n) is 7.21. The number of hydrogen-bond acceptors (Lipinski definition) is 5. The van der Waals surface area contributed by atoms with Crippen molar-refractivity contribution in [2.75, 3.05) is 27.2 Å². The fourth-order valence-corrected chi connectivity index (χ4v) is 5.19. The number of hydrogen-bond donors (Lipinski definition) is 1. The van der Waals surface area contributed by atoms with Crippen molar-refractivity contribution in [1.82, 2.24) is 25.1 Å². The first kappa shape index (κ1) is 29.2. The lowest BCUT2D eigenvalue weighted by molar-refractivity contribution is -0.188. The number of likely N-dealkylation sites (N-methyl/N-ethyl adjacent to an activating group) is 1. The predicted octanol–water partition coefficient (Wildman–Crippen LogP) is 3.84. The maximum atomic E-state index is 13.6. The maximum absolute atomic E-state index is 13.6. The summed E-state index contributed by atoms with van der Waals surface area (Å²) in [5, 5.41) is 5.82. The van der Waals surface area contributed by atoms with Crippen LogP contribution in [0.25, 0.3) is 0 Å². The summed E-state index contributed by atoms with van der Waals surface area (Å²) < 4.78 is 45.1. The summed E-state index contributed by atoms with van der Waals surface area (Å²) in [6.07, 6.45) is -3.48. The number of amides is 4. The molecule has 12 heteroatoms. The van der Waals surface area contributed by atoms with E-state index in [9.17, 15) is 27.6 Å². The number of unbranched alkanes of at least 4 members (excludes halogenated alkanes) is 1. The summed E-state index contributed by atoms with van der Waals surface area (Å²) in [6.45, 7) is 1.99. The molecule has 0 aromatic heterocycles. The second-order valence-corrected chi connectivity index (χ2v) is 10.0. The van der Waals surface area contributed by atoms with Crippen LogP contribution in [0.15, 0.2) is 48.5 Å². The summed E-state index contributed by atoms with van der Waals surface area (Å²) >= 11 is 0. The molecule has 2 aliphatic heterocycles. The third kappa shape index (κ3) is 6.33. The van der Waals surface area contributed by atoms with Gasteiger partial charge < -0.3 is 19.9 Å². The molecule has 1 unspecified atom stereocenters. The zero-order valence-electron chi connectivity index (χ0n) is 22.8. The lowest BCUT2D eigenvalue weighted by atomic mass is 10.00. The summed E-state index contributed by atoms with van der Waals surface area (Å²) in [6, 6.07) is 10.8. The number of halogens is 3. The molecule has 2 aromatic carbocycles. The summed E-state index contributed by atoms with van der Waals surface area (Å²) in [5.74, 6) is 0.0735. The number of nitrogens with zero attached hydrogens (tertiary/aromatic N) is 4. The number of rotatable bonds is 8. The van der Waals surface area contributed by atoms with Crippen LogP contribution in [0.5, 0.6) is 5.75 Å². The molecule has 2 fully saturated rings. The average molecular weight is 562 g/mol. The van der Waals surface area contributed by atoms with Gasteiger partial charge in [0.25, 0.3) is 0 Å². The molecule has 216 valence electrons. The minimum absolute atomic E-state index is 0.0380. The minimum atomic E-state index is -4.51. The van der Waals surface area contributed by atoms with Crippen molar-refractivity contribution in [2.45, 2.75) is 57.7 Å². The van der Waals surface area contributed by atoms with Gasteiger partial charge in [-0.15, -0.1) is 0 Å². The Balaban J connectivity index is 1.59.